The Balaban J connectivity index is 1.30. The molecule has 9 rings (SSSR count). The molecule has 5 heteroatoms. The molecule has 0 atom stereocenters. The van der Waals surface area contributed by atoms with Crippen molar-refractivity contribution in [3.63, 3.8) is 0 Å². The molecule has 3 heterocycles. The Morgan fingerprint density at radius 3 is 1.89 bits per heavy atom. The molecule has 45 heavy (non-hydrogen) atoms. The first-order chi connectivity index (χ1) is 22.3. The minimum absolute atomic E-state index is 0.673. The van der Waals surface area contributed by atoms with Crippen molar-refractivity contribution in [2.45, 2.75) is 12.8 Å². The van der Waals surface area contributed by atoms with Gasteiger partial charge in [0.1, 0.15) is 11.2 Å². The van der Waals surface area contributed by atoms with Gasteiger partial charge in [0.15, 0.2) is 17.5 Å². The van der Waals surface area contributed by atoms with E-state index in [0.717, 1.165) is 73.2 Å². The van der Waals surface area contributed by atoms with Crippen LogP contribution in [0.15, 0.2) is 138 Å². The van der Waals surface area contributed by atoms with Crippen LogP contribution in [-0.2, 0) is 0 Å². The van der Waals surface area contributed by atoms with E-state index >= 15 is 0 Å². The van der Waals surface area contributed by atoms with Gasteiger partial charge in [-0.25, -0.2) is 15.0 Å². The molecule has 0 fully saturated rings. The van der Waals surface area contributed by atoms with E-state index in [-0.39, 0.29) is 0 Å². The maximum Gasteiger partial charge on any atom is 0.164 e. The zero-order valence-electron chi connectivity index (χ0n) is 24.3. The lowest BCUT2D eigenvalue weighted by Gasteiger charge is -2.18. The summed E-state index contributed by atoms with van der Waals surface area (Å²) in [5.74, 6) is 2.06. The van der Waals surface area contributed by atoms with Crippen molar-refractivity contribution in [3.05, 3.63) is 155 Å². The molecule has 5 nitrogen and oxygen atoms in total. The quantitative estimate of drug-likeness (QED) is 0.213. The fourth-order valence-electron chi connectivity index (χ4n) is 6.65. The second-order valence-corrected chi connectivity index (χ2v) is 11.3. The van der Waals surface area contributed by atoms with Crippen molar-refractivity contribution in [1.29, 1.82) is 0 Å². The normalized spacial score (nSPS) is 13.1. The predicted molar refractivity (Wildman–Crippen MR) is 180 cm³/mol. The zero-order chi connectivity index (χ0) is 29.7. The second kappa shape index (κ2) is 10.4. The molecule has 0 aliphatic heterocycles. The van der Waals surface area contributed by atoms with E-state index < -0.39 is 0 Å². The number of rotatable bonds is 4. The largest absolute Gasteiger partial charge is 0.455 e. The molecule has 5 aromatic carbocycles. The third-order valence-electron chi connectivity index (χ3n) is 8.73. The summed E-state index contributed by atoms with van der Waals surface area (Å²) in [5, 5.41) is 5.58. The summed E-state index contributed by atoms with van der Waals surface area (Å²) >= 11 is 0. The van der Waals surface area contributed by atoms with Gasteiger partial charge in [-0.2, -0.15) is 0 Å². The Bertz CT molecular complexity index is 2480. The van der Waals surface area contributed by atoms with Crippen molar-refractivity contribution < 1.29 is 4.42 Å². The molecule has 8 aromatic rings. The molecule has 0 N–H and O–H groups in total. The molecule has 1 aliphatic rings. The Labute approximate surface area is 258 Å². The zero-order valence-corrected chi connectivity index (χ0v) is 24.3. The van der Waals surface area contributed by atoms with Crippen LogP contribution in [0.2, 0.25) is 0 Å². The van der Waals surface area contributed by atoms with Gasteiger partial charge < -0.3 is 4.42 Å². The third kappa shape index (κ3) is 4.24. The van der Waals surface area contributed by atoms with E-state index in [4.69, 9.17) is 24.4 Å². The number of benzene rings is 5. The van der Waals surface area contributed by atoms with Gasteiger partial charge in [-0.1, -0.05) is 109 Å². The number of hydrogen-bond donors (Lipinski definition) is 0. The van der Waals surface area contributed by atoms with Crippen LogP contribution < -0.4 is 10.4 Å². The Hall–Kier alpha value is -5.94. The van der Waals surface area contributed by atoms with E-state index in [1.165, 1.54) is 10.8 Å². The molecular formula is C40H26N4O. The maximum atomic E-state index is 6.60. The summed E-state index contributed by atoms with van der Waals surface area (Å²) < 4.78 is 6.60. The highest BCUT2D eigenvalue weighted by Gasteiger charge is 2.22. The summed E-state index contributed by atoms with van der Waals surface area (Å²) in [7, 11) is 0. The highest BCUT2D eigenvalue weighted by molar-refractivity contribution is 6.18. The van der Waals surface area contributed by atoms with Crippen LogP contribution in [0.25, 0.3) is 66.8 Å². The lowest BCUT2D eigenvalue weighted by atomic mass is 9.88. The average Bonchev–Trinajstić information content (AvgIpc) is 3.51. The van der Waals surface area contributed by atoms with Crippen molar-refractivity contribution in [3.8, 4) is 22.8 Å². The van der Waals surface area contributed by atoms with E-state index in [1.54, 1.807) is 0 Å². The minimum Gasteiger partial charge on any atom is -0.455 e. The van der Waals surface area contributed by atoms with E-state index in [9.17, 15) is 0 Å². The predicted octanol–water partition coefficient (Wildman–Crippen LogP) is 7.85. The van der Waals surface area contributed by atoms with Gasteiger partial charge in [0, 0.05) is 39.2 Å². The number of para-hydroxylation sites is 1. The van der Waals surface area contributed by atoms with E-state index in [2.05, 4.69) is 60.7 Å². The molecule has 0 saturated carbocycles. The highest BCUT2D eigenvalue weighted by atomic mass is 16.3. The Kier molecular flexibility index (Phi) is 5.88. The monoisotopic (exact) mass is 578 g/mol. The van der Waals surface area contributed by atoms with Crippen molar-refractivity contribution in [2.24, 2.45) is 0 Å². The van der Waals surface area contributed by atoms with Crippen LogP contribution >= 0.6 is 0 Å². The van der Waals surface area contributed by atoms with Crippen LogP contribution in [0.3, 0.4) is 0 Å². The first-order valence-electron chi connectivity index (χ1n) is 15.2. The summed E-state index contributed by atoms with van der Waals surface area (Å²) in [5.41, 5.74) is 8.15. The summed E-state index contributed by atoms with van der Waals surface area (Å²) in [6, 6.07) is 43.6. The number of furan rings is 1. The van der Waals surface area contributed by atoms with E-state index in [0.29, 0.717) is 17.5 Å². The number of aromatic nitrogens is 4. The van der Waals surface area contributed by atoms with Gasteiger partial charge in [-0.15, -0.1) is 0 Å². The lowest BCUT2D eigenvalue weighted by Crippen LogP contribution is -2.33. The van der Waals surface area contributed by atoms with Crippen molar-refractivity contribution >= 4 is 44.0 Å². The molecule has 0 unspecified atom stereocenters. The smallest absolute Gasteiger partial charge is 0.164 e. The fourth-order valence-corrected chi connectivity index (χ4v) is 6.65. The van der Waals surface area contributed by atoms with Crippen LogP contribution in [0.1, 0.15) is 24.2 Å². The third-order valence-corrected chi connectivity index (χ3v) is 8.73. The molecule has 0 radical (unpaired) electrons. The van der Waals surface area contributed by atoms with Gasteiger partial charge in [0.25, 0.3) is 0 Å². The van der Waals surface area contributed by atoms with Gasteiger partial charge >= 0.3 is 0 Å². The fraction of sp³-hybridized carbons (Fsp3) is 0.0500. The number of hydrogen-bond acceptors (Lipinski definition) is 5. The van der Waals surface area contributed by atoms with E-state index in [1.807, 2.05) is 72.9 Å². The molecular weight excluding hydrogens is 552 g/mol. The van der Waals surface area contributed by atoms with Gasteiger partial charge in [0.05, 0.1) is 10.9 Å². The molecule has 0 amide bonds. The van der Waals surface area contributed by atoms with Gasteiger partial charge in [-0.3, -0.25) is 4.98 Å². The number of pyridine rings is 1. The van der Waals surface area contributed by atoms with Gasteiger partial charge in [-0.05, 0) is 47.1 Å². The molecule has 0 bridgehead atoms. The minimum atomic E-state index is 0.673. The first kappa shape index (κ1) is 25.5. The molecule has 0 spiro atoms. The SMILES string of the molecule is c1ccc(-c2nc(C3=c4ccccc4=C(c4cccc5c4oc4ccc6cccnc6c45)CC3)nc(-c3ccccc3)n2)cc1. The first-order valence-corrected chi connectivity index (χ1v) is 15.2. The summed E-state index contributed by atoms with van der Waals surface area (Å²) in [4.78, 5) is 19.8. The molecule has 0 saturated heterocycles. The summed E-state index contributed by atoms with van der Waals surface area (Å²) in [6.45, 7) is 0. The molecule has 1 aliphatic carbocycles. The lowest BCUT2D eigenvalue weighted by molar-refractivity contribution is 0.667. The van der Waals surface area contributed by atoms with Crippen LogP contribution in [-0.4, -0.2) is 19.9 Å². The highest BCUT2D eigenvalue weighted by Crippen LogP contribution is 2.38. The number of fused-ring (bicyclic) bond motifs is 6. The maximum absolute atomic E-state index is 6.60. The standard InChI is InChI=1S/C40H26N4O/c1-3-11-26(12-4-1)38-42-39(27-13-5-2-6-14-27)44-40(43-38)32-22-21-30(28-16-7-8-17-29(28)32)31-18-9-19-33-35-34(45-37(31)33)23-20-25-15-10-24-41-36(25)35/h1-20,23-24H,21-22H2. The van der Waals surface area contributed by atoms with Crippen LogP contribution in [0.4, 0.5) is 0 Å². The van der Waals surface area contributed by atoms with Crippen molar-refractivity contribution in [2.75, 3.05) is 0 Å². The Morgan fingerprint density at radius 1 is 0.511 bits per heavy atom. The molecule has 3 aromatic heterocycles. The summed E-state index contributed by atoms with van der Waals surface area (Å²) in [6.07, 6.45) is 3.47. The topological polar surface area (TPSA) is 64.7 Å². The van der Waals surface area contributed by atoms with Crippen LogP contribution in [0, 0.1) is 0 Å². The Morgan fingerprint density at radius 2 is 1.16 bits per heavy atom. The number of nitrogens with zero attached hydrogens (tertiary/aromatic N) is 4. The van der Waals surface area contributed by atoms with Crippen LogP contribution in [0.5, 0.6) is 0 Å². The second-order valence-electron chi connectivity index (χ2n) is 11.3. The average molecular weight is 579 g/mol. The molecule has 212 valence electrons. The van der Waals surface area contributed by atoms with Crippen molar-refractivity contribution in [1.82, 2.24) is 19.9 Å². The van der Waals surface area contributed by atoms with Gasteiger partial charge in [0.2, 0.25) is 0 Å².